The summed E-state index contributed by atoms with van der Waals surface area (Å²) in [6.07, 6.45) is 0.551. The predicted octanol–water partition coefficient (Wildman–Crippen LogP) is 5.49. The molecular formula is C26H35ClN2O2. The molecule has 31 heavy (non-hydrogen) atoms. The molecule has 1 aliphatic rings. The van der Waals surface area contributed by atoms with Crippen molar-refractivity contribution in [3.63, 3.8) is 0 Å². The maximum absolute atomic E-state index is 12.6. The first-order chi connectivity index (χ1) is 14.7. The van der Waals surface area contributed by atoms with Crippen LogP contribution in [-0.2, 0) is 16.1 Å². The molecule has 1 unspecified atom stereocenters. The van der Waals surface area contributed by atoms with Crippen LogP contribution in [0.15, 0.2) is 48.5 Å². The van der Waals surface area contributed by atoms with E-state index in [0.29, 0.717) is 13.0 Å². The predicted molar refractivity (Wildman–Crippen MR) is 127 cm³/mol. The molecule has 2 aromatic carbocycles. The summed E-state index contributed by atoms with van der Waals surface area (Å²) in [7, 11) is 0. The first-order valence-electron chi connectivity index (χ1n) is 11.1. The van der Waals surface area contributed by atoms with Crippen molar-refractivity contribution in [2.75, 3.05) is 32.7 Å². The molecule has 0 aromatic heterocycles. The standard InChI is InChI=1S/C26H35ClN2O2/c1-20-6-5-7-21(16-20)19-31-24(22-8-10-23(27)11-9-22)18-28-12-14-29(15-13-28)25(30)17-26(2,3)4/h5-11,16,24H,12-15,17-19H2,1-4H3. The molecule has 0 saturated carbocycles. The molecule has 0 radical (unpaired) electrons. The van der Waals surface area contributed by atoms with E-state index in [-0.39, 0.29) is 17.4 Å². The Kier molecular flexibility index (Phi) is 8.15. The molecule has 4 nitrogen and oxygen atoms in total. The van der Waals surface area contributed by atoms with Gasteiger partial charge in [-0.2, -0.15) is 0 Å². The minimum atomic E-state index is -0.0467. The summed E-state index contributed by atoms with van der Waals surface area (Å²) in [5.41, 5.74) is 3.57. The molecule has 0 aliphatic carbocycles. The second-order valence-electron chi connectivity index (χ2n) is 9.76. The molecule has 0 N–H and O–H groups in total. The number of rotatable bonds is 7. The quantitative estimate of drug-likeness (QED) is 0.568. The van der Waals surface area contributed by atoms with Gasteiger partial charge >= 0.3 is 0 Å². The van der Waals surface area contributed by atoms with Crippen molar-refractivity contribution in [1.29, 1.82) is 0 Å². The molecule has 0 spiro atoms. The number of hydrogen-bond acceptors (Lipinski definition) is 3. The van der Waals surface area contributed by atoms with Gasteiger partial charge in [0.05, 0.1) is 12.7 Å². The molecule has 1 heterocycles. The molecule has 2 aromatic rings. The van der Waals surface area contributed by atoms with Crippen molar-refractivity contribution < 1.29 is 9.53 Å². The maximum atomic E-state index is 12.6. The Balaban J connectivity index is 1.61. The minimum absolute atomic E-state index is 0.0253. The Morgan fingerprint density at radius 1 is 1.06 bits per heavy atom. The zero-order valence-electron chi connectivity index (χ0n) is 19.2. The summed E-state index contributed by atoms with van der Waals surface area (Å²) in [5, 5.41) is 0.729. The van der Waals surface area contributed by atoms with Gasteiger partial charge < -0.3 is 9.64 Å². The van der Waals surface area contributed by atoms with Crippen molar-refractivity contribution in [3.05, 3.63) is 70.2 Å². The number of nitrogens with zero attached hydrogens (tertiary/aromatic N) is 2. The Morgan fingerprint density at radius 3 is 2.35 bits per heavy atom. The lowest BCUT2D eigenvalue weighted by Gasteiger charge is -2.37. The average molecular weight is 443 g/mol. The van der Waals surface area contributed by atoms with Crippen LogP contribution in [0.2, 0.25) is 5.02 Å². The van der Waals surface area contributed by atoms with Gasteiger partial charge in [0.25, 0.3) is 0 Å². The van der Waals surface area contributed by atoms with Crippen LogP contribution in [0.4, 0.5) is 0 Å². The number of ether oxygens (including phenoxy) is 1. The summed E-state index contributed by atoms with van der Waals surface area (Å²) in [6.45, 7) is 13.1. The van der Waals surface area contributed by atoms with E-state index in [1.165, 1.54) is 11.1 Å². The lowest BCUT2D eigenvalue weighted by molar-refractivity contribution is -0.135. The fraction of sp³-hybridized carbons (Fsp3) is 0.500. The van der Waals surface area contributed by atoms with Gasteiger partial charge in [0, 0.05) is 44.2 Å². The highest BCUT2D eigenvalue weighted by atomic mass is 35.5. The van der Waals surface area contributed by atoms with Gasteiger partial charge in [-0.1, -0.05) is 74.3 Å². The lowest BCUT2D eigenvalue weighted by Crippen LogP contribution is -2.50. The highest BCUT2D eigenvalue weighted by Gasteiger charge is 2.26. The number of hydrogen-bond donors (Lipinski definition) is 0. The van der Waals surface area contributed by atoms with E-state index in [1.54, 1.807) is 0 Å². The Bertz CT molecular complexity index is 852. The van der Waals surface area contributed by atoms with Gasteiger partial charge in [0.2, 0.25) is 5.91 Å². The van der Waals surface area contributed by atoms with Crippen molar-refractivity contribution in [1.82, 2.24) is 9.80 Å². The first kappa shape index (κ1) is 23.8. The fourth-order valence-electron chi connectivity index (χ4n) is 3.91. The molecular weight excluding hydrogens is 408 g/mol. The molecule has 168 valence electrons. The number of piperazine rings is 1. The number of carbonyl (C=O) groups excluding carboxylic acids is 1. The van der Waals surface area contributed by atoms with Crippen LogP contribution >= 0.6 is 11.6 Å². The summed E-state index contributed by atoms with van der Waals surface area (Å²) in [6, 6.07) is 16.4. The van der Waals surface area contributed by atoms with E-state index in [1.807, 2.05) is 29.2 Å². The van der Waals surface area contributed by atoms with E-state index in [9.17, 15) is 4.79 Å². The monoisotopic (exact) mass is 442 g/mol. The minimum Gasteiger partial charge on any atom is -0.368 e. The number of carbonyl (C=O) groups is 1. The van der Waals surface area contributed by atoms with E-state index in [2.05, 4.69) is 56.9 Å². The molecule has 1 atom stereocenters. The second-order valence-corrected chi connectivity index (χ2v) is 10.2. The molecule has 1 fully saturated rings. The van der Waals surface area contributed by atoms with E-state index in [0.717, 1.165) is 43.3 Å². The van der Waals surface area contributed by atoms with Crippen molar-refractivity contribution in [3.8, 4) is 0 Å². The third-order valence-electron chi connectivity index (χ3n) is 5.61. The highest BCUT2D eigenvalue weighted by Crippen LogP contribution is 2.24. The summed E-state index contributed by atoms with van der Waals surface area (Å²) in [4.78, 5) is 17.0. The molecule has 1 saturated heterocycles. The third kappa shape index (κ3) is 7.64. The fourth-order valence-corrected chi connectivity index (χ4v) is 4.04. The van der Waals surface area contributed by atoms with E-state index < -0.39 is 0 Å². The first-order valence-corrected chi connectivity index (χ1v) is 11.5. The van der Waals surface area contributed by atoms with Gasteiger partial charge in [0.1, 0.15) is 0 Å². The molecule has 0 bridgehead atoms. The number of halogens is 1. The zero-order valence-corrected chi connectivity index (χ0v) is 20.0. The number of benzene rings is 2. The van der Waals surface area contributed by atoms with Gasteiger partial charge in [-0.15, -0.1) is 0 Å². The van der Waals surface area contributed by atoms with Crippen LogP contribution in [0.1, 0.15) is 50.0 Å². The van der Waals surface area contributed by atoms with E-state index in [4.69, 9.17) is 16.3 Å². The largest absolute Gasteiger partial charge is 0.368 e. The summed E-state index contributed by atoms with van der Waals surface area (Å²) >= 11 is 6.10. The zero-order chi connectivity index (χ0) is 22.4. The van der Waals surface area contributed by atoms with Crippen LogP contribution < -0.4 is 0 Å². The third-order valence-corrected chi connectivity index (χ3v) is 5.86. The Morgan fingerprint density at radius 2 is 1.74 bits per heavy atom. The van der Waals surface area contributed by atoms with Crippen LogP contribution in [-0.4, -0.2) is 48.4 Å². The maximum Gasteiger partial charge on any atom is 0.223 e. The number of amides is 1. The summed E-state index contributed by atoms with van der Waals surface area (Å²) in [5.74, 6) is 0.261. The molecule has 1 aliphatic heterocycles. The smallest absolute Gasteiger partial charge is 0.223 e. The van der Waals surface area contributed by atoms with Gasteiger partial charge in [-0.3, -0.25) is 9.69 Å². The van der Waals surface area contributed by atoms with Crippen LogP contribution in [0, 0.1) is 12.3 Å². The van der Waals surface area contributed by atoms with Crippen molar-refractivity contribution in [2.45, 2.75) is 46.8 Å². The number of aryl methyl sites for hydroxylation is 1. The lowest BCUT2D eigenvalue weighted by atomic mass is 9.91. The van der Waals surface area contributed by atoms with Crippen molar-refractivity contribution >= 4 is 17.5 Å². The molecule has 1 amide bonds. The van der Waals surface area contributed by atoms with Gasteiger partial charge in [-0.05, 0) is 35.6 Å². The van der Waals surface area contributed by atoms with Crippen LogP contribution in [0.5, 0.6) is 0 Å². The van der Waals surface area contributed by atoms with Crippen molar-refractivity contribution in [2.24, 2.45) is 5.41 Å². The van der Waals surface area contributed by atoms with E-state index >= 15 is 0 Å². The molecule has 5 heteroatoms. The Hall–Kier alpha value is -1.88. The molecule has 3 rings (SSSR count). The van der Waals surface area contributed by atoms with Gasteiger partial charge in [0.15, 0.2) is 0 Å². The normalized spacial score (nSPS) is 16.4. The topological polar surface area (TPSA) is 32.8 Å². The van der Waals surface area contributed by atoms with Gasteiger partial charge in [-0.25, -0.2) is 0 Å². The van der Waals surface area contributed by atoms with Crippen LogP contribution in [0.3, 0.4) is 0 Å². The van der Waals surface area contributed by atoms with Crippen LogP contribution in [0.25, 0.3) is 0 Å². The second kappa shape index (κ2) is 10.6. The highest BCUT2D eigenvalue weighted by molar-refractivity contribution is 6.30. The summed E-state index contributed by atoms with van der Waals surface area (Å²) < 4.78 is 6.39. The average Bonchev–Trinajstić information content (AvgIpc) is 2.71. The SMILES string of the molecule is Cc1cccc(COC(CN2CCN(C(=O)CC(C)(C)C)CC2)c2ccc(Cl)cc2)c1. The Labute approximate surface area is 192 Å².